The van der Waals surface area contributed by atoms with Crippen LogP contribution in [-0.2, 0) is 0 Å². The molecule has 6 rings (SSSR count). The van der Waals surface area contributed by atoms with Crippen molar-refractivity contribution in [1.29, 1.82) is 0 Å². The molecule has 332 valence electrons. The number of rotatable bonds is 12. The molecule has 0 heterocycles. The van der Waals surface area contributed by atoms with E-state index in [1.165, 1.54) is 100 Å². The number of hydrogen-bond donors (Lipinski definition) is 0. The molecule has 0 saturated carbocycles. The van der Waals surface area contributed by atoms with Gasteiger partial charge in [-0.1, -0.05) is 0 Å². The fourth-order valence-electron chi connectivity index (χ4n) is 10.5. The summed E-state index contributed by atoms with van der Waals surface area (Å²) >= 11 is -4.65. The summed E-state index contributed by atoms with van der Waals surface area (Å²) in [6.45, 7) is 41.5. The van der Waals surface area contributed by atoms with E-state index in [0.29, 0.717) is 11.8 Å². The molecular formula is C60H74Cl2Ge. The number of aryl methyl sites for hydroxylation is 6. The van der Waals surface area contributed by atoms with Gasteiger partial charge in [0.05, 0.1) is 0 Å². The van der Waals surface area contributed by atoms with Crippen LogP contribution in [0.2, 0.25) is 0 Å². The van der Waals surface area contributed by atoms with Gasteiger partial charge in [0.15, 0.2) is 0 Å². The fourth-order valence-corrected chi connectivity index (χ4v) is 19.8. The zero-order valence-electron chi connectivity index (χ0n) is 41.8. The van der Waals surface area contributed by atoms with Crippen molar-refractivity contribution in [2.24, 2.45) is 0 Å². The Hall–Kier alpha value is -3.56. The Morgan fingerprint density at radius 1 is 0.333 bits per heavy atom. The predicted octanol–water partition coefficient (Wildman–Crippen LogP) is 18.0. The summed E-state index contributed by atoms with van der Waals surface area (Å²) in [5.41, 5.74) is 25.4. The Morgan fingerprint density at radius 3 is 0.794 bits per heavy atom. The molecule has 0 atom stereocenters. The third-order valence-electron chi connectivity index (χ3n) is 13.5. The van der Waals surface area contributed by atoms with Crippen LogP contribution in [0.25, 0.3) is 44.5 Å². The van der Waals surface area contributed by atoms with Crippen molar-refractivity contribution < 1.29 is 0 Å². The topological polar surface area (TPSA) is 0 Å². The van der Waals surface area contributed by atoms with Gasteiger partial charge in [-0.2, -0.15) is 0 Å². The van der Waals surface area contributed by atoms with Gasteiger partial charge in [-0.3, -0.25) is 0 Å². The molecule has 3 heteroatoms. The van der Waals surface area contributed by atoms with Gasteiger partial charge in [-0.15, -0.1) is 0 Å². The van der Waals surface area contributed by atoms with Gasteiger partial charge in [-0.05, 0) is 0 Å². The Morgan fingerprint density at radius 2 is 0.571 bits per heavy atom. The van der Waals surface area contributed by atoms with E-state index >= 15 is 0 Å². The van der Waals surface area contributed by atoms with Crippen molar-refractivity contribution in [2.45, 2.75) is 160 Å². The van der Waals surface area contributed by atoms with Gasteiger partial charge in [0, 0.05) is 0 Å². The van der Waals surface area contributed by atoms with Crippen LogP contribution >= 0.6 is 20.0 Å². The Kier molecular flexibility index (Phi) is 14.8. The van der Waals surface area contributed by atoms with E-state index in [2.05, 4.69) is 210 Å². The minimum absolute atomic E-state index is 0.279. The van der Waals surface area contributed by atoms with Crippen LogP contribution in [0.4, 0.5) is 0 Å². The monoisotopic (exact) mass is 938 g/mol. The molecule has 0 aliphatic carbocycles. The average molecular weight is 939 g/mol. The Bertz CT molecular complexity index is 2390. The molecular weight excluding hydrogens is 864 g/mol. The second-order valence-corrected chi connectivity index (χ2v) is 32.1. The zero-order valence-corrected chi connectivity index (χ0v) is 45.4. The van der Waals surface area contributed by atoms with Crippen LogP contribution in [0.5, 0.6) is 0 Å². The SMILES string of the molecule is Cc1cc(C)c(-c2cccc(-c3c(C)cc(C)cc3C)[c]2[Ge]([Cl])([Cl])[c]2c(-c3c(C(C)C)cc(C(C)C)cc3C(C)C)cccc2-c2c(C(C)C)cc(C(C)C)cc2C(C)C)c(C)c1. The molecule has 0 bridgehead atoms. The summed E-state index contributed by atoms with van der Waals surface area (Å²) in [6.07, 6.45) is 0. The summed E-state index contributed by atoms with van der Waals surface area (Å²) in [5.74, 6) is 1.91. The first-order chi connectivity index (χ1) is 29.5. The van der Waals surface area contributed by atoms with E-state index in [1.54, 1.807) is 0 Å². The van der Waals surface area contributed by atoms with E-state index in [-0.39, 0.29) is 23.7 Å². The molecule has 0 spiro atoms. The number of benzene rings is 6. The van der Waals surface area contributed by atoms with Gasteiger partial charge in [0.2, 0.25) is 0 Å². The van der Waals surface area contributed by atoms with Crippen molar-refractivity contribution in [3.8, 4) is 44.5 Å². The van der Waals surface area contributed by atoms with Crippen LogP contribution in [0.15, 0.2) is 84.9 Å². The van der Waals surface area contributed by atoms with E-state index in [0.717, 1.165) is 19.9 Å². The molecule has 6 aromatic rings. The van der Waals surface area contributed by atoms with E-state index < -0.39 is 11.4 Å². The van der Waals surface area contributed by atoms with Crippen LogP contribution in [0.3, 0.4) is 0 Å². The van der Waals surface area contributed by atoms with Crippen molar-refractivity contribution in [3.63, 3.8) is 0 Å². The predicted molar refractivity (Wildman–Crippen MR) is 284 cm³/mol. The van der Waals surface area contributed by atoms with Crippen molar-refractivity contribution in [1.82, 2.24) is 0 Å². The normalized spacial score (nSPS) is 12.3. The molecule has 0 N–H and O–H groups in total. The maximum absolute atomic E-state index is 8.92. The maximum atomic E-state index is 8.92. The van der Waals surface area contributed by atoms with E-state index in [4.69, 9.17) is 20.0 Å². The summed E-state index contributed by atoms with van der Waals surface area (Å²) in [4.78, 5) is 0. The quantitative estimate of drug-likeness (QED) is 0.107. The first kappa shape index (κ1) is 48.9. The van der Waals surface area contributed by atoms with Crippen molar-refractivity contribution in [2.75, 3.05) is 0 Å². The molecule has 0 aliphatic rings. The summed E-state index contributed by atoms with van der Waals surface area (Å²) in [7, 11) is 17.8. The second-order valence-electron chi connectivity index (χ2n) is 20.7. The summed E-state index contributed by atoms with van der Waals surface area (Å²) < 4.78 is 2.26. The molecule has 0 aromatic heterocycles. The zero-order chi connectivity index (χ0) is 46.6. The molecule has 6 aromatic carbocycles. The van der Waals surface area contributed by atoms with E-state index in [1.807, 2.05) is 0 Å². The standard InChI is InChI=1S/C60H74Cl2Ge/c1-33(2)45-29-51(35(5)6)57(52(30-45)36(7)8)49-23-20-24-50(58-53(37(9)10)31-46(34(3)4)32-54(58)38(11)12)60(49)63(61,62)59-47(55-41(15)25-39(13)26-42(55)16)21-19-22-48(59)56-43(17)27-40(14)28-44(56)18/h19-38H,1-18H3. The second kappa shape index (κ2) is 19.1. The number of hydrogen-bond acceptors (Lipinski definition) is 0. The molecule has 0 unspecified atom stereocenters. The van der Waals surface area contributed by atoms with Crippen LogP contribution in [0.1, 0.15) is 185 Å². The van der Waals surface area contributed by atoms with Crippen LogP contribution in [0, 0.1) is 41.5 Å². The van der Waals surface area contributed by atoms with Crippen molar-refractivity contribution in [3.05, 3.63) is 152 Å². The van der Waals surface area contributed by atoms with Crippen molar-refractivity contribution >= 4 is 40.2 Å². The third-order valence-corrected chi connectivity index (χ3v) is 22.3. The van der Waals surface area contributed by atoms with Crippen LogP contribution in [-0.4, -0.2) is 11.4 Å². The molecule has 0 nitrogen and oxygen atoms in total. The molecule has 0 fully saturated rings. The molecule has 0 amide bonds. The van der Waals surface area contributed by atoms with Gasteiger partial charge >= 0.3 is 397 Å². The summed E-state index contributed by atoms with van der Waals surface area (Å²) in [5, 5.41) is 0. The number of halogens is 2. The van der Waals surface area contributed by atoms with Gasteiger partial charge < -0.3 is 0 Å². The Balaban J connectivity index is 1.95. The first-order valence-corrected chi connectivity index (χ1v) is 31.3. The van der Waals surface area contributed by atoms with E-state index in [9.17, 15) is 0 Å². The van der Waals surface area contributed by atoms with Gasteiger partial charge in [0.25, 0.3) is 0 Å². The average Bonchev–Trinajstić information content (AvgIpc) is 3.18. The molecule has 63 heavy (non-hydrogen) atoms. The minimum atomic E-state index is -4.65. The summed E-state index contributed by atoms with van der Waals surface area (Å²) in [6, 6.07) is 33.1. The first-order valence-electron chi connectivity index (χ1n) is 23.6. The van der Waals surface area contributed by atoms with Gasteiger partial charge in [0.1, 0.15) is 0 Å². The Labute approximate surface area is 394 Å². The molecule has 0 aliphatic heterocycles. The third kappa shape index (κ3) is 9.44. The molecule has 0 saturated heterocycles. The fraction of sp³-hybridized carbons (Fsp3) is 0.400. The molecule has 0 radical (unpaired) electrons. The van der Waals surface area contributed by atoms with Crippen LogP contribution < -0.4 is 8.79 Å². The van der Waals surface area contributed by atoms with Gasteiger partial charge in [-0.25, -0.2) is 0 Å².